The Balaban J connectivity index is 2.01. The molecule has 0 saturated carbocycles. The summed E-state index contributed by atoms with van der Waals surface area (Å²) >= 11 is 0. The van der Waals surface area contributed by atoms with E-state index in [1.165, 1.54) is 6.07 Å². The Hall–Kier alpha value is -2.73. The minimum Gasteiger partial charge on any atom is -0.494 e. The SMILES string of the molecule is CCOc1cccc(OS(=O)(=O)c2cccc3cc(N)ccc23)c1. The Morgan fingerprint density at radius 3 is 2.50 bits per heavy atom. The van der Waals surface area contributed by atoms with E-state index in [-0.39, 0.29) is 10.6 Å². The van der Waals surface area contributed by atoms with Crippen molar-refractivity contribution in [3.63, 3.8) is 0 Å². The number of rotatable bonds is 5. The molecule has 0 saturated heterocycles. The molecule has 3 aromatic carbocycles. The van der Waals surface area contributed by atoms with Gasteiger partial charge in [-0.1, -0.05) is 24.3 Å². The van der Waals surface area contributed by atoms with Crippen LogP contribution in [0, 0.1) is 0 Å². The van der Waals surface area contributed by atoms with Crippen LogP contribution >= 0.6 is 0 Å². The number of hydrogen-bond acceptors (Lipinski definition) is 5. The van der Waals surface area contributed by atoms with Gasteiger partial charge in [-0.05, 0) is 42.6 Å². The zero-order valence-corrected chi connectivity index (χ0v) is 13.9. The molecule has 2 N–H and O–H groups in total. The third-order valence-corrected chi connectivity index (χ3v) is 4.76. The number of nitrogen functional groups attached to an aromatic ring is 1. The van der Waals surface area contributed by atoms with Gasteiger partial charge in [0.2, 0.25) is 0 Å². The van der Waals surface area contributed by atoms with Gasteiger partial charge in [0, 0.05) is 17.1 Å². The number of hydrogen-bond donors (Lipinski definition) is 1. The molecule has 0 aliphatic heterocycles. The largest absolute Gasteiger partial charge is 0.494 e. The molecule has 3 aromatic rings. The summed E-state index contributed by atoms with van der Waals surface area (Å²) in [7, 11) is -3.98. The monoisotopic (exact) mass is 343 g/mol. The van der Waals surface area contributed by atoms with Crippen LogP contribution in [-0.2, 0) is 10.1 Å². The lowest BCUT2D eigenvalue weighted by atomic mass is 10.1. The molecular weight excluding hydrogens is 326 g/mol. The van der Waals surface area contributed by atoms with Crippen molar-refractivity contribution in [1.29, 1.82) is 0 Å². The highest BCUT2D eigenvalue weighted by molar-refractivity contribution is 7.87. The Labute approximate surface area is 140 Å². The first-order valence-corrected chi connectivity index (χ1v) is 8.86. The van der Waals surface area contributed by atoms with E-state index in [1.807, 2.05) is 6.92 Å². The fourth-order valence-corrected chi connectivity index (χ4v) is 3.59. The summed E-state index contributed by atoms with van der Waals surface area (Å²) in [5.41, 5.74) is 6.33. The predicted octanol–water partition coefficient (Wildman–Crippen LogP) is 3.59. The lowest BCUT2D eigenvalue weighted by molar-refractivity contribution is 0.339. The summed E-state index contributed by atoms with van der Waals surface area (Å²) in [6.07, 6.45) is 0. The molecule has 6 heteroatoms. The quantitative estimate of drug-likeness (QED) is 0.566. The summed E-state index contributed by atoms with van der Waals surface area (Å²) in [5.74, 6) is 0.754. The van der Waals surface area contributed by atoms with Crippen LogP contribution in [-0.4, -0.2) is 15.0 Å². The minimum atomic E-state index is -3.98. The second kappa shape index (κ2) is 6.41. The fraction of sp³-hybridized carbons (Fsp3) is 0.111. The van der Waals surface area contributed by atoms with E-state index in [2.05, 4.69) is 0 Å². The van der Waals surface area contributed by atoms with Crippen molar-refractivity contribution in [2.24, 2.45) is 0 Å². The highest BCUT2D eigenvalue weighted by atomic mass is 32.2. The zero-order valence-electron chi connectivity index (χ0n) is 13.1. The summed E-state index contributed by atoms with van der Waals surface area (Å²) in [6, 6.07) is 16.6. The van der Waals surface area contributed by atoms with E-state index in [0.29, 0.717) is 23.4 Å². The van der Waals surface area contributed by atoms with Gasteiger partial charge in [0.15, 0.2) is 0 Å². The van der Waals surface area contributed by atoms with Crippen molar-refractivity contribution in [3.8, 4) is 11.5 Å². The predicted molar refractivity (Wildman–Crippen MR) is 93.8 cm³/mol. The molecule has 0 unspecified atom stereocenters. The third kappa shape index (κ3) is 3.28. The fourth-order valence-electron chi connectivity index (χ4n) is 2.44. The molecule has 0 radical (unpaired) electrons. The first-order chi connectivity index (χ1) is 11.5. The van der Waals surface area contributed by atoms with E-state index in [9.17, 15) is 8.42 Å². The number of benzene rings is 3. The number of fused-ring (bicyclic) bond motifs is 1. The van der Waals surface area contributed by atoms with Gasteiger partial charge in [-0.3, -0.25) is 0 Å². The van der Waals surface area contributed by atoms with Gasteiger partial charge in [0.05, 0.1) is 6.61 Å². The molecule has 0 spiro atoms. The summed E-state index contributed by atoms with van der Waals surface area (Å²) in [6.45, 7) is 2.34. The minimum absolute atomic E-state index is 0.0989. The van der Waals surface area contributed by atoms with Crippen LogP contribution in [0.1, 0.15) is 6.92 Å². The third-order valence-electron chi connectivity index (χ3n) is 3.46. The molecular formula is C18H17NO4S. The van der Waals surface area contributed by atoms with Gasteiger partial charge in [0.1, 0.15) is 16.4 Å². The zero-order chi connectivity index (χ0) is 17.2. The molecule has 0 heterocycles. The number of anilines is 1. The molecule has 0 amide bonds. The van der Waals surface area contributed by atoms with Crippen LogP contribution in [0.5, 0.6) is 11.5 Å². The Morgan fingerprint density at radius 2 is 1.71 bits per heavy atom. The number of ether oxygens (including phenoxy) is 1. The Kier molecular flexibility index (Phi) is 4.31. The number of nitrogens with two attached hydrogens (primary N) is 1. The Bertz CT molecular complexity index is 983. The van der Waals surface area contributed by atoms with Crippen LogP contribution in [0.25, 0.3) is 10.8 Å². The van der Waals surface area contributed by atoms with E-state index < -0.39 is 10.1 Å². The molecule has 0 atom stereocenters. The molecule has 0 fully saturated rings. The average Bonchev–Trinajstić information content (AvgIpc) is 2.54. The molecule has 0 aliphatic carbocycles. The molecule has 124 valence electrons. The molecule has 24 heavy (non-hydrogen) atoms. The van der Waals surface area contributed by atoms with Gasteiger partial charge in [-0.15, -0.1) is 0 Å². The van der Waals surface area contributed by atoms with Gasteiger partial charge in [-0.2, -0.15) is 8.42 Å². The van der Waals surface area contributed by atoms with Crippen LogP contribution < -0.4 is 14.7 Å². The van der Waals surface area contributed by atoms with E-state index in [1.54, 1.807) is 54.6 Å². The maximum absolute atomic E-state index is 12.7. The van der Waals surface area contributed by atoms with E-state index >= 15 is 0 Å². The topological polar surface area (TPSA) is 78.6 Å². The second-order valence-electron chi connectivity index (χ2n) is 5.18. The van der Waals surface area contributed by atoms with Crippen LogP contribution in [0.15, 0.2) is 65.6 Å². The van der Waals surface area contributed by atoms with Gasteiger partial charge in [-0.25, -0.2) is 0 Å². The second-order valence-corrected chi connectivity index (χ2v) is 6.70. The lowest BCUT2D eigenvalue weighted by Gasteiger charge is -2.11. The van der Waals surface area contributed by atoms with Crippen LogP contribution in [0.2, 0.25) is 0 Å². The first kappa shape index (κ1) is 16.1. The highest BCUT2D eigenvalue weighted by Crippen LogP contribution is 2.28. The molecule has 0 aromatic heterocycles. The van der Waals surface area contributed by atoms with Gasteiger partial charge < -0.3 is 14.7 Å². The van der Waals surface area contributed by atoms with Crippen molar-refractivity contribution in [1.82, 2.24) is 0 Å². The summed E-state index contributed by atoms with van der Waals surface area (Å²) in [5, 5.41) is 1.30. The summed E-state index contributed by atoms with van der Waals surface area (Å²) in [4.78, 5) is 0.0989. The standard InChI is InChI=1S/C18H17NO4S/c1-2-22-15-6-4-7-16(12-15)23-24(20,21)18-8-3-5-13-11-14(19)9-10-17(13)18/h3-12H,2,19H2,1H3. The highest BCUT2D eigenvalue weighted by Gasteiger charge is 2.20. The van der Waals surface area contributed by atoms with Crippen molar-refractivity contribution in [2.75, 3.05) is 12.3 Å². The van der Waals surface area contributed by atoms with Crippen molar-refractivity contribution >= 4 is 26.6 Å². The first-order valence-electron chi connectivity index (χ1n) is 7.45. The van der Waals surface area contributed by atoms with Crippen LogP contribution in [0.3, 0.4) is 0 Å². The van der Waals surface area contributed by atoms with Gasteiger partial charge in [0.25, 0.3) is 0 Å². The van der Waals surface area contributed by atoms with E-state index in [4.69, 9.17) is 14.7 Å². The van der Waals surface area contributed by atoms with Crippen molar-refractivity contribution in [2.45, 2.75) is 11.8 Å². The summed E-state index contributed by atoms with van der Waals surface area (Å²) < 4.78 is 36.0. The van der Waals surface area contributed by atoms with E-state index in [0.717, 1.165) is 5.39 Å². The molecule has 0 bridgehead atoms. The van der Waals surface area contributed by atoms with Gasteiger partial charge >= 0.3 is 10.1 Å². The lowest BCUT2D eigenvalue weighted by Crippen LogP contribution is -2.10. The average molecular weight is 343 g/mol. The molecule has 5 nitrogen and oxygen atoms in total. The van der Waals surface area contributed by atoms with Crippen LogP contribution in [0.4, 0.5) is 5.69 Å². The van der Waals surface area contributed by atoms with Crippen molar-refractivity contribution in [3.05, 3.63) is 60.7 Å². The smallest absolute Gasteiger partial charge is 0.339 e. The Morgan fingerprint density at radius 1 is 0.958 bits per heavy atom. The normalized spacial score (nSPS) is 11.4. The van der Waals surface area contributed by atoms with Crippen molar-refractivity contribution < 1.29 is 17.3 Å². The molecule has 3 rings (SSSR count). The maximum atomic E-state index is 12.7. The maximum Gasteiger partial charge on any atom is 0.339 e. The molecule has 0 aliphatic rings.